The van der Waals surface area contributed by atoms with E-state index in [0.717, 1.165) is 5.56 Å². The molecule has 38 heavy (non-hydrogen) atoms. The summed E-state index contributed by atoms with van der Waals surface area (Å²) in [6.07, 6.45) is 0.375. The first-order valence-electron chi connectivity index (χ1n) is 12.9. The van der Waals surface area contributed by atoms with Crippen LogP contribution in [0.15, 0.2) is 91.0 Å². The van der Waals surface area contributed by atoms with E-state index < -0.39 is 26.3 Å². The van der Waals surface area contributed by atoms with Gasteiger partial charge in [-0.05, 0) is 34.4 Å². The van der Waals surface area contributed by atoms with E-state index >= 15 is 0 Å². The molecular formula is C31H39NO5Si. The van der Waals surface area contributed by atoms with Crippen LogP contribution in [0.25, 0.3) is 0 Å². The van der Waals surface area contributed by atoms with Crippen molar-refractivity contribution < 1.29 is 23.5 Å². The van der Waals surface area contributed by atoms with Crippen LogP contribution in [0.1, 0.15) is 32.8 Å². The highest BCUT2D eigenvalue weighted by Gasteiger charge is 2.50. The highest BCUT2D eigenvalue weighted by molar-refractivity contribution is 6.99. The maximum Gasteiger partial charge on any atom is 0.323 e. The van der Waals surface area contributed by atoms with Gasteiger partial charge in [-0.25, -0.2) is 0 Å². The van der Waals surface area contributed by atoms with Gasteiger partial charge >= 0.3 is 11.9 Å². The molecule has 0 N–H and O–H groups in total. The first-order chi connectivity index (χ1) is 18.2. The molecule has 0 saturated heterocycles. The zero-order chi connectivity index (χ0) is 27.6. The van der Waals surface area contributed by atoms with Crippen LogP contribution in [0.2, 0.25) is 5.04 Å². The number of hydrogen-bond donors (Lipinski definition) is 0. The highest BCUT2D eigenvalue weighted by Crippen LogP contribution is 2.36. The lowest BCUT2D eigenvalue weighted by Gasteiger charge is -2.43. The van der Waals surface area contributed by atoms with Crippen molar-refractivity contribution in [3.05, 3.63) is 96.6 Å². The molecule has 7 heteroatoms. The first kappa shape index (κ1) is 29.3. The minimum atomic E-state index is -2.74. The van der Waals surface area contributed by atoms with Crippen molar-refractivity contribution in [3.8, 4) is 0 Å². The minimum absolute atomic E-state index is 0.0359. The summed E-state index contributed by atoms with van der Waals surface area (Å²) in [6.45, 7) is 7.12. The highest BCUT2D eigenvalue weighted by atomic mass is 28.4. The van der Waals surface area contributed by atoms with E-state index in [-0.39, 0.29) is 18.2 Å². The van der Waals surface area contributed by atoms with Gasteiger partial charge in [0.15, 0.2) is 0 Å². The largest absolute Gasteiger partial charge is 0.468 e. The van der Waals surface area contributed by atoms with Gasteiger partial charge in [0.2, 0.25) is 0 Å². The standard InChI is InChI=1S/C31H39NO5Si/c1-31(2,3)38(26-17-11-7-12-18-26,27-19-13-8-14-20-27)37-22-21-28(30(34)35-5)32(4)23-29(33)36-24-25-15-9-6-10-16-25/h6-20,28H,21-24H2,1-5H3/t28-/m1/s1. The first-order valence-corrected chi connectivity index (χ1v) is 14.8. The van der Waals surface area contributed by atoms with E-state index in [1.165, 1.54) is 17.5 Å². The molecule has 1 atom stereocenters. The Balaban J connectivity index is 1.76. The summed E-state index contributed by atoms with van der Waals surface area (Å²) in [6, 6.07) is 29.6. The Morgan fingerprint density at radius 2 is 1.34 bits per heavy atom. The zero-order valence-corrected chi connectivity index (χ0v) is 24.1. The van der Waals surface area contributed by atoms with Crippen LogP contribution in [-0.4, -0.2) is 58.5 Å². The zero-order valence-electron chi connectivity index (χ0n) is 23.1. The smallest absolute Gasteiger partial charge is 0.323 e. The summed E-state index contributed by atoms with van der Waals surface area (Å²) in [7, 11) is 0.351. The number of esters is 2. The van der Waals surface area contributed by atoms with E-state index in [9.17, 15) is 9.59 Å². The van der Waals surface area contributed by atoms with E-state index in [1.807, 2.05) is 66.7 Å². The number of likely N-dealkylation sites (N-methyl/N-ethyl adjacent to an activating group) is 1. The molecule has 0 fully saturated rings. The third-order valence-electron chi connectivity index (χ3n) is 6.75. The third-order valence-corrected chi connectivity index (χ3v) is 11.8. The van der Waals surface area contributed by atoms with Gasteiger partial charge in [-0.1, -0.05) is 112 Å². The van der Waals surface area contributed by atoms with Crippen LogP contribution in [0, 0.1) is 0 Å². The maximum absolute atomic E-state index is 12.7. The van der Waals surface area contributed by atoms with Crippen molar-refractivity contribution in [2.45, 2.75) is 44.9 Å². The van der Waals surface area contributed by atoms with Crippen molar-refractivity contribution in [2.75, 3.05) is 27.3 Å². The Morgan fingerprint density at radius 1 is 0.842 bits per heavy atom. The molecule has 0 aliphatic heterocycles. The maximum atomic E-state index is 12.7. The average molecular weight is 534 g/mol. The SMILES string of the molecule is COC(=O)[C@@H](CCO[Si](c1ccccc1)(c1ccccc1)C(C)(C)C)N(C)CC(=O)OCc1ccccc1. The molecule has 202 valence electrons. The summed E-state index contributed by atoms with van der Waals surface area (Å²) < 4.78 is 17.5. The number of carbonyl (C=O) groups excluding carboxylic acids is 2. The second-order valence-corrected chi connectivity index (χ2v) is 14.7. The van der Waals surface area contributed by atoms with Gasteiger partial charge in [-0.2, -0.15) is 0 Å². The van der Waals surface area contributed by atoms with Crippen LogP contribution >= 0.6 is 0 Å². The lowest BCUT2D eigenvalue weighted by molar-refractivity contribution is -0.151. The number of ether oxygens (including phenoxy) is 2. The van der Waals surface area contributed by atoms with Crippen LogP contribution in [-0.2, 0) is 30.1 Å². The molecule has 3 aromatic rings. The summed E-state index contributed by atoms with van der Waals surface area (Å²) in [5, 5.41) is 2.17. The summed E-state index contributed by atoms with van der Waals surface area (Å²) in [4.78, 5) is 27.0. The number of methoxy groups -OCH3 is 1. The van der Waals surface area contributed by atoms with Gasteiger partial charge in [0.05, 0.1) is 13.7 Å². The van der Waals surface area contributed by atoms with E-state index in [1.54, 1.807) is 11.9 Å². The molecule has 0 aromatic heterocycles. The molecule has 6 nitrogen and oxygen atoms in total. The number of rotatable bonds is 12. The molecule has 0 heterocycles. The second-order valence-electron chi connectivity index (χ2n) is 10.4. The van der Waals surface area contributed by atoms with Crippen LogP contribution in [0.5, 0.6) is 0 Å². The van der Waals surface area contributed by atoms with E-state index in [0.29, 0.717) is 13.0 Å². The average Bonchev–Trinajstić information content (AvgIpc) is 2.92. The molecule has 3 rings (SSSR count). The summed E-state index contributed by atoms with van der Waals surface area (Å²) in [5.74, 6) is -0.812. The Hall–Kier alpha value is -3.26. The summed E-state index contributed by atoms with van der Waals surface area (Å²) >= 11 is 0. The summed E-state index contributed by atoms with van der Waals surface area (Å²) in [5.41, 5.74) is 0.909. The van der Waals surface area contributed by atoms with Crippen LogP contribution < -0.4 is 10.4 Å². The molecule has 0 aliphatic rings. The van der Waals surface area contributed by atoms with Gasteiger partial charge in [-0.15, -0.1) is 0 Å². The number of carbonyl (C=O) groups is 2. The van der Waals surface area contributed by atoms with Crippen molar-refractivity contribution >= 4 is 30.6 Å². The van der Waals surface area contributed by atoms with Crippen LogP contribution in [0.4, 0.5) is 0 Å². The topological polar surface area (TPSA) is 65.1 Å². The monoisotopic (exact) mass is 533 g/mol. The van der Waals surface area contributed by atoms with Gasteiger partial charge < -0.3 is 13.9 Å². The van der Waals surface area contributed by atoms with Crippen molar-refractivity contribution in [1.29, 1.82) is 0 Å². The molecular weight excluding hydrogens is 494 g/mol. The normalized spacial score (nSPS) is 12.7. The quantitative estimate of drug-likeness (QED) is 0.257. The number of hydrogen-bond acceptors (Lipinski definition) is 6. The molecule has 0 aliphatic carbocycles. The molecule has 3 aromatic carbocycles. The van der Waals surface area contributed by atoms with E-state index in [4.69, 9.17) is 13.9 Å². The van der Waals surface area contributed by atoms with E-state index in [2.05, 4.69) is 45.0 Å². The Bertz CT molecular complexity index is 1110. The van der Waals surface area contributed by atoms with Crippen molar-refractivity contribution in [3.63, 3.8) is 0 Å². The van der Waals surface area contributed by atoms with Crippen LogP contribution in [0.3, 0.4) is 0 Å². The molecule has 0 radical (unpaired) electrons. The van der Waals surface area contributed by atoms with Gasteiger partial charge in [0.25, 0.3) is 8.32 Å². The number of benzene rings is 3. The Kier molecular flexibility index (Phi) is 10.4. The predicted octanol–water partition coefficient (Wildman–Crippen LogP) is 4.17. The van der Waals surface area contributed by atoms with Gasteiger partial charge in [0, 0.05) is 6.61 Å². The fourth-order valence-corrected chi connectivity index (χ4v) is 9.42. The van der Waals surface area contributed by atoms with Gasteiger partial charge in [-0.3, -0.25) is 14.5 Å². The molecule has 0 spiro atoms. The second kappa shape index (κ2) is 13.5. The molecule has 0 bridgehead atoms. The van der Waals surface area contributed by atoms with Crippen molar-refractivity contribution in [2.24, 2.45) is 0 Å². The van der Waals surface area contributed by atoms with Gasteiger partial charge in [0.1, 0.15) is 12.6 Å². The number of nitrogens with zero attached hydrogens (tertiary/aromatic N) is 1. The molecule has 0 unspecified atom stereocenters. The predicted molar refractivity (Wildman–Crippen MR) is 153 cm³/mol. The third kappa shape index (κ3) is 7.19. The molecule has 0 saturated carbocycles. The lowest BCUT2D eigenvalue weighted by Crippen LogP contribution is -2.66. The Morgan fingerprint density at radius 3 is 1.82 bits per heavy atom. The van der Waals surface area contributed by atoms with Crippen molar-refractivity contribution in [1.82, 2.24) is 4.90 Å². The minimum Gasteiger partial charge on any atom is -0.468 e. The molecule has 0 amide bonds. The fourth-order valence-electron chi connectivity index (χ4n) is 4.84. The Labute approximate surface area is 227 Å². The lowest BCUT2D eigenvalue weighted by atomic mass is 10.2. The fraction of sp³-hybridized carbons (Fsp3) is 0.355.